The number of epoxide rings is 1. The zero-order chi connectivity index (χ0) is 21.5. The summed E-state index contributed by atoms with van der Waals surface area (Å²) in [5.41, 5.74) is 0. The zero-order valence-corrected chi connectivity index (χ0v) is 20.7. The van der Waals surface area contributed by atoms with Crippen molar-refractivity contribution in [2.24, 2.45) is 0 Å². The molecule has 4 nitrogen and oxygen atoms in total. The third-order valence-electron chi connectivity index (χ3n) is 6.77. The van der Waals surface area contributed by atoms with Crippen molar-refractivity contribution >= 4 is 14.3 Å². The average molecular weight is 425 g/mol. The molecule has 0 saturated carbocycles. The molecule has 168 valence electrons. The summed E-state index contributed by atoms with van der Waals surface area (Å²) in [7, 11) is -1.86. The van der Waals surface area contributed by atoms with Gasteiger partial charge in [0, 0.05) is 6.08 Å². The summed E-state index contributed by atoms with van der Waals surface area (Å²) in [5.74, 6) is -0.255. The molecule has 0 amide bonds. The van der Waals surface area contributed by atoms with Gasteiger partial charge in [-0.05, 0) is 50.4 Å². The maximum atomic E-state index is 12.1. The van der Waals surface area contributed by atoms with Gasteiger partial charge in [-0.25, -0.2) is 4.79 Å². The molecule has 2 rings (SSSR count). The quantitative estimate of drug-likeness (QED) is 0.286. The highest BCUT2D eigenvalue weighted by molar-refractivity contribution is 6.74. The van der Waals surface area contributed by atoms with Gasteiger partial charge in [-0.3, -0.25) is 0 Å². The molecule has 0 aliphatic carbocycles. The summed E-state index contributed by atoms with van der Waals surface area (Å²) in [6.45, 7) is 13.5. The number of hydrogen-bond acceptors (Lipinski definition) is 4. The molecule has 0 N–H and O–H groups in total. The topological polar surface area (TPSA) is 48.1 Å². The largest absolute Gasteiger partial charge is 0.460 e. The van der Waals surface area contributed by atoms with Crippen molar-refractivity contribution in [1.29, 1.82) is 0 Å². The second-order valence-corrected chi connectivity index (χ2v) is 15.3. The maximum Gasteiger partial charge on any atom is 0.330 e. The summed E-state index contributed by atoms with van der Waals surface area (Å²) in [5, 5.41) is 0.180. The van der Waals surface area contributed by atoms with Gasteiger partial charge in [-0.15, -0.1) is 0 Å². The Kier molecular flexibility index (Phi) is 9.42. The summed E-state index contributed by atoms with van der Waals surface area (Å²) >= 11 is 0. The summed E-state index contributed by atoms with van der Waals surface area (Å²) in [4.78, 5) is 12.1. The number of rotatable bonds is 2. The van der Waals surface area contributed by atoms with E-state index in [-0.39, 0.29) is 35.4 Å². The SMILES string of the molecule is C[C@H]1CCCCCCCCCC[C@@H](O[Si](C)(C)C(C)(C)C)[C@@H]2O[C@H]2/C=C\C(=O)O1. The summed E-state index contributed by atoms with van der Waals surface area (Å²) in [6, 6.07) is 0. The Bertz CT molecular complexity index is 537. The Morgan fingerprint density at radius 3 is 2.10 bits per heavy atom. The van der Waals surface area contributed by atoms with E-state index in [1.165, 1.54) is 44.9 Å². The van der Waals surface area contributed by atoms with E-state index in [9.17, 15) is 4.79 Å². The Morgan fingerprint density at radius 2 is 1.52 bits per heavy atom. The van der Waals surface area contributed by atoms with Crippen LogP contribution in [0.15, 0.2) is 12.2 Å². The highest BCUT2D eigenvalue weighted by atomic mass is 28.4. The minimum atomic E-state index is -1.86. The van der Waals surface area contributed by atoms with Gasteiger partial charge in [-0.2, -0.15) is 0 Å². The van der Waals surface area contributed by atoms with E-state index in [0.717, 1.165) is 19.3 Å². The monoisotopic (exact) mass is 424 g/mol. The van der Waals surface area contributed by atoms with Crippen molar-refractivity contribution in [3.05, 3.63) is 12.2 Å². The lowest BCUT2D eigenvalue weighted by atomic mass is 10.0. The molecule has 2 aliphatic heterocycles. The van der Waals surface area contributed by atoms with E-state index >= 15 is 0 Å². The van der Waals surface area contributed by atoms with Crippen molar-refractivity contribution in [3.63, 3.8) is 0 Å². The first-order chi connectivity index (χ1) is 13.6. The Balaban J connectivity index is 2.00. The molecule has 1 saturated heterocycles. The first-order valence-electron chi connectivity index (χ1n) is 11.8. The van der Waals surface area contributed by atoms with Crippen LogP contribution in [0, 0.1) is 0 Å². The lowest BCUT2D eigenvalue weighted by molar-refractivity contribution is -0.142. The van der Waals surface area contributed by atoms with E-state index in [1.807, 2.05) is 13.0 Å². The molecule has 0 unspecified atom stereocenters. The van der Waals surface area contributed by atoms with Crippen LogP contribution in [-0.2, 0) is 18.7 Å². The van der Waals surface area contributed by atoms with Crippen LogP contribution in [-0.4, -0.2) is 38.7 Å². The summed E-state index contributed by atoms with van der Waals surface area (Å²) in [6.07, 6.45) is 15.6. The van der Waals surface area contributed by atoms with Gasteiger partial charge in [0.25, 0.3) is 0 Å². The molecule has 0 bridgehead atoms. The number of cyclic esters (lactones) is 1. The molecule has 0 aromatic heterocycles. The van der Waals surface area contributed by atoms with Crippen LogP contribution in [0.1, 0.15) is 91.9 Å². The molecular formula is C24H44O4Si. The highest BCUT2D eigenvalue weighted by Gasteiger charge is 2.48. The fourth-order valence-electron chi connectivity index (χ4n) is 3.74. The van der Waals surface area contributed by atoms with Gasteiger partial charge in [0.05, 0.1) is 12.2 Å². The smallest absolute Gasteiger partial charge is 0.330 e. The third kappa shape index (κ3) is 8.54. The van der Waals surface area contributed by atoms with Crippen molar-refractivity contribution < 1.29 is 18.7 Å². The van der Waals surface area contributed by atoms with Crippen molar-refractivity contribution in [2.75, 3.05) is 0 Å². The van der Waals surface area contributed by atoms with Crippen LogP contribution in [0.4, 0.5) is 0 Å². The molecular weight excluding hydrogens is 380 g/mol. The molecule has 0 spiro atoms. The maximum absolute atomic E-state index is 12.1. The van der Waals surface area contributed by atoms with Crippen molar-refractivity contribution in [2.45, 2.75) is 134 Å². The minimum absolute atomic E-state index is 0.0170. The Hall–Kier alpha value is -0.653. The molecule has 1 fully saturated rings. The number of fused-ring (bicyclic) bond motifs is 1. The molecule has 0 aromatic carbocycles. The van der Waals surface area contributed by atoms with Gasteiger partial charge in [-0.1, -0.05) is 65.7 Å². The molecule has 5 heteroatoms. The predicted molar refractivity (Wildman–Crippen MR) is 122 cm³/mol. The van der Waals surface area contributed by atoms with Crippen LogP contribution in [0.2, 0.25) is 18.1 Å². The van der Waals surface area contributed by atoms with Crippen LogP contribution in [0.5, 0.6) is 0 Å². The van der Waals surface area contributed by atoms with Gasteiger partial charge in [0.1, 0.15) is 12.2 Å². The van der Waals surface area contributed by atoms with E-state index in [0.29, 0.717) is 0 Å². The number of hydrogen-bond donors (Lipinski definition) is 0. The van der Waals surface area contributed by atoms with Crippen molar-refractivity contribution in [1.82, 2.24) is 0 Å². The lowest BCUT2D eigenvalue weighted by Crippen LogP contribution is -2.45. The van der Waals surface area contributed by atoms with E-state index in [1.54, 1.807) is 6.08 Å². The molecule has 2 heterocycles. The van der Waals surface area contributed by atoms with E-state index < -0.39 is 8.32 Å². The van der Waals surface area contributed by atoms with Crippen LogP contribution in [0.3, 0.4) is 0 Å². The second-order valence-electron chi connectivity index (χ2n) is 10.5. The third-order valence-corrected chi connectivity index (χ3v) is 11.3. The van der Waals surface area contributed by atoms with Gasteiger partial charge in [0.2, 0.25) is 0 Å². The van der Waals surface area contributed by atoms with E-state index in [4.69, 9.17) is 13.9 Å². The average Bonchev–Trinajstić information content (AvgIpc) is 3.38. The van der Waals surface area contributed by atoms with Crippen LogP contribution >= 0.6 is 0 Å². The van der Waals surface area contributed by atoms with Crippen LogP contribution < -0.4 is 0 Å². The first kappa shape index (κ1) is 24.6. The minimum Gasteiger partial charge on any atom is -0.460 e. The second kappa shape index (κ2) is 11.1. The molecule has 29 heavy (non-hydrogen) atoms. The molecule has 2 aliphatic rings. The number of ether oxygens (including phenoxy) is 2. The summed E-state index contributed by atoms with van der Waals surface area (Å²) < 4.78 is 18.2. The fraction of sp³-hybridized carbons (Fsp3) is 0.875. The predicted octanol–water partition coefficient (Wildman–Crippen LogP) is 6.55. The molecule has 4 atom stereocenters. The van der Waals surface area contributed by atoms with Gasteiger partial charge >= 0.3 is 5.97 Å². The van der Waals surface area contributed by atoms with Gasteiger partial charge < -0.3 is 13.9 Å². The highest BCUT2D eigenvalue weighted by Crippen LogP contribution is 2.41. The number of carbonyl (C=O) groups excluding carboxylic acids is 1. The fourth-order valence-corrected chi connectivity index (χ4v) is 5.11. The Labute approximate surface area is 179 Å². The molecule has 0 radical (unpaired) electrons. The van der Waals surface area contributed by atoms with Crippen LogP contribution in [0.25, 0.3) is 0 Å². The lowest BCUT2D eigenvalue weighted by Gasteiger charge is -2.39. The molecule has 0 aromatic rings. The Morgan fingerprint density at radius 1 is 0.966 bits per heavy atom. The normalized spacial score (nSPS) is 32.4. The standard InChI is InChI=1S/C24H44O4Si/c1-19-15-13-11-9-7-8-10-12-14-16-21(28-29(5,6)24(2,3)4)23-20(27-23)17-18-22(25)26-19/h17-21,23H,7-16H2,1-6H3/b18-17-/t19-,20-,21+,23+/m0/s1. The van der Waals surface area contributed by atoms with E-state index in [2.05, 4.69) is 33.9 Å². The number of carbonyl (C=O) groups is 1. The zero-order valence-electron chi connectivity index (χ0n) is 19.7. The van der Waals surface area contributed by atoms with Crippen molar-refractivity contribution in [3.8, 4) is 0 Å². The number of esters is 1. The first-order valence-corrected chi connectivity index (χ1v) is 14.7. The van der Waals surface area contributed by atoms with Gasteiger partial charge in [0.15, 0.2) is 8.32 Å².